The minimum absolute atomic E-state index is 0.327. The number of aromatic hydroxyl groups is 1. The second-order valence-electron chi connectivity index (χ2n) is 7.22. The van der Waals surface area contributed by atoms with Crippen LogP contribution >= 0.6 is 0 Å². The van der Waals surface area contributed by atoms with Crippen LogP contribution in [-0.4, -0.2) is 54.2 Å². The van der Waals surface area contributed by atoms with Gasteiger partial charge in [-0.05, 0) is 63.1 Å². The molecule has 1 heterocycles. The summed E-state index contributed by atoms with van der Waals surface area (Å²) in [4.78, 5) is 7.39. The predicted molar refractivity (Wildman–Crippen MR) is 103 cm³/mol. The lowest BCUT2D eigenvalue weighted by atomic mass is 10.1. The number of hydrogen-bond donors (Lipinski definition) is 3. The van der Waals surface area contributed by atoms with E-state index in [4.69, 9.17) is 4.99 Å². The van der Waals surface area contributed by atoms with Crippen LogP contribution in [0.4, 0.5) is 0 Å². The minimum atomic E-state index is 0.327. The van der Waals surface area contributed by atoms with Crippen molar-refractivity contribution in [2.24, 2.45) is 4.99 Å². The SMILES string of the molecule is CCNC(=NCCCc1ccc(O)cc1)NC1CCN(C2CC2)CC1. The molecule has 138 valence electrons. The third-order valence-corrected chi connectivity index (χ3v) is 5.11. The number of piperidine rings is 1. The Kier molecular flexibility index (Phi) is 6.56. The molecule has 5 heteroatoms. The normalized spacial score (nSPS) is 19.8. The number of aryl methyl sites for hydroxylation is 1. The zero-order valence-electron chi connectivity index (χ0n) is 15.4. The van der Waals surface area contributed by atoms with E-state index in [0.717, 1.165) is 37.9 Å². The Morgan fingerprint density at radius 2 is 1.88 bits per heavy atom. The highest BCUT2D eigenvalue weighted by Gasteiger charge is 2.31. The van der Waals surface area contributed by atoms with Gasteiger partial charge in [0.05, 0.1) is 0 Å². The molecule has 1 aromatic carbocycles. The monoisotopic (exact) mass is 344 g/mol. The second-order valence-corrected chi connectivity index (χ2v) is 7.22. The van der Waals surface area contributed by atoms with E-state index >= 15 is 0 Å². The fraction of sp³-hybridized carbons (Fsp3) is 0.650. The number of hydrogen-bond acceptors (Lipinski definition) is 3. The molecule has 0 unspecified atom stereocenters. The molecule has 1 aliphatic carbocycles. The van der Waals surface area contributed by atoms with E-state index in [0.29, 0.717) is 11.8 Å². The van der Waals surface area contributed by atoms with Crippen molar-refractivity contribution in [2.45, 2.75) is 57.5 Å². The summed E-state index contributed by atoms with van der Waals surface area (Å²) in [6.07, 6.45) is 7.25. The molecular formula is C20H32N4O. The highest BCUT2D eigenvalue weighted by atomic mass is 16.3. The van der Waals surface area contributed by atoms with Crippen LogP contribution in [0.5, 0.6) is 5.75 Å². The molecule has 25 heavy (non-hydrogen) atoms. The van der Waals surface area contributed by atoms with Gasteiger partial charge < -0.3 is 20.6 Å². The quantitative estimate of drug-likeness (QED) is 0.404. The van der Waals surface area contributed by atoms with Crippen molar-refractivity contribution in [1.82, 2.24) is 15.5 Å². The summed E-state index contributed by atoms with van der Waals surface area (Å²) in [6, 6.07) is 8.90. The zero-order chi connectivity index (χ0) is 17.5. The van der Waals surface area contributed by atoms with Crippen LogP contribution in [0.25, 0.3) is 0 Å². The lowest BCUT2D eigenvalue weighted by molar-refractivity contribution is 0.197. The molecule has 2 aliphatic rings. The number of rotatable bonds is 7. The molecule has 0 aromatic heterocycles. The van der Waals surface area contributed by atoms with E-state index < -0.39 is 0 Å². The molecule has 0 atom stereocenters. The number of aliphatic imine (C=N–C) groups is 1. The highest BCUT2D eigenvalue weighted by molar-refractivity contribution is 5.80. The fourth-order valence-electron chi connectivity index (χ4n) is 3.50. The molecule has 0 radical (unpaired) electrons. The Bertz CT molecular complexity index is 545. The molecule has 3 rings (SSSR count). The van der Waals surface area contributed by atoms with Crippen molar-refractivity contribution in [2.75, 3.05) is 26.2 Å². The number of phenols is 1. The Morgan fingerprint density at radius 1 is 1.16 bits per heavy atom. The number of phenolic OH excluding ortho intramolecular Hbond substituents is 1. The predicted octanol–water partition coefficient (Wildman–Crippen LogP) is 2.51. The Morgan fingerprint density at radius 3 is 2.52 bits per heavy atom. The van der Waals surface area contributed by atoms with Crippen LogP contribution in [0, 0.1) is 0 Å². The van der Waals surface area contributed by atoms with Crippen molar-refractivity contribution in [1.29, 1.82) is 0 Å². The zero-order valence-corrected chi connectivity index (χ0v) is 15.4. The van der Waals surface area contributed by atoms with Crippen LogP contribution in [0.3, 0.4) is 0 Å². The highest BCUT2D eigenvalue weighted by Crippen LogP contribution is 2.29. The summed E-state index contributed by atoms with van der Waals surface area (Å²) in [5, 5.41) is 16.3. The van der Waals surface area contributed by atoms with Crippen LogP contribution in [0.15, 0.2) is 29.3 Å². The minimum Gasteiger partial charge on any atom is -0.508 e. The first kappa shape index (κ1) is 18.1. The lowest BCUT2D eigenvalue weighted by Gasteiger charge is -2.33. The van der Waals surface area contributed by atoms with E-state index in [-0.39, 0.29) is 0 Å². The second kappa shape index (κ2) is 9.09. The Balaban J connectivity index is 1.40. The van der Waals surface area contributed by atoms with E-state index in [1.54, 1.807) is 12.1 Å². The molecule has 1 saturated heterocycles. The molecule has 0 amide bonds. The topological polar surface area (TPSA) is 59.9 Å². The van der Waals surface area contributed by atoms with Gasteiger partial charge in [-0.2, -0.15) is 0 Å². The van der Waals surface area contributed by atoms with Crippen LogP contribution in [0.1, 0.15) is 44.6 Å². The summed E-state index contributed by atoms with van der Waals surface area (Å²) < 4.78 is 0. The van der Waals surface area contributed by atoms with Crippen molar-refractivity contribution in [3.05, 3.63) is 29.8 Å². The number of nitrogens with zero attached hydrogens (tertiary/aromatic N) is 2. The maximum atomic E-state index is 9.32. The van der Waals surface area contributed by atoms with E-state index in [1.807, 2.05) is 12.1 Å². The summed E-state index contributed by atoms with van der Waals surface area (Å²) in [5.74, 6) is 1.28. The van der Waals surface area contributed by atoms with Crippen molar-refractivity contribution >= 4 is 5.96 Å². The molecule has 5 nitrogen and oxygen atoms in total. The van der Waals surface area contributed by atoms with Crippen LogP contribution in [0.2, 0.25) is 0 Å². The Hall–Kier alpha value is -1.75. The molecule has 0 bridgehead atoms. The molecule has 1 aliphatic heterocycles. The third kappa shape index (κ3) is 5.92. The maximum absolute atomic E-state index is 9.32. The first-order valence-electron chi connectivity index (χ1n) is 9.81. The van der Waals surface area contributed by atoms with E-state index in [2.05, 4.69) is 22.5 Å². The largest absolute Gasteiger partial charge is 0.508 e. The fourth-order valence-corrected chi connectivity index (χ4v) is 3.50. The van der Waals surface area contributed by atoms with E-state index in [9.17, 15) is 5.11 Å². The van der Waals surface area contributed by atoms with Gasteiger partial charge in [-0.15, -0.1) is 0 Å². The van der Waals surface area contributed by atoms with Gasteiger partial charge in [0.1, 0.15) is 5.75 Å². The molecule has 3 N–H and O–H groups in total. The first-order chi connectivity index (χ1) is 12.2. The van der Waals surface area contributed by atoms with Gasteiger partial charge in [-0.3, -0.25) is 4.99 Å². The van der Waals surface area contributed by atoms with Crippen molar-refractivity contribution in [3.8, 4) is 5.75 Å². The van der Waals surface area contributed by atoms with Gasteiger partial charge in [-0.25, -0.2) is 0 Å². The van der Waals surface area contributed by atoms with Gasteiger partial charge in [-0.1, -0.05) is 12.1 Å². The standard InChI is InChI=1S/C20H32N4O/c1-2-21-20(22-13-3-4-16-5-9-19(25)10-6-16)23-17-11-14-24(15-12-17)18-7-8-18/h5-6,9-10,17-18,25H,2-4,7-8,11-15H2,1H3,(H2,21,22,23). The van der Waals surface area contributed by atoms with Gasteiger partial charge in [0.25, 0.3) is 0 Å². The molecule has 2 fully saturated rings. The molecular weight excluding hydrogens is 312 g/mol. The summed E-state index contributed by atoms with van der Waals surface area (Å²) in [6.45, 7) is 6.27. The van der Waals surface area contributed by atoms with E-state index in [1.165, 1.54) is 44.3 Å². The first-order valence-corrected chi connectivity index (χ1v) is 9.81. The smallest absolute Gasteiger partial charge is 0.191 e. The van der Waals surface area contributed by atoms with Crippen molar-refractivity contribution in [3.63, 3.8) is 0 Å². The maximum Gasteiger partial charge on any atom is 0.191 e. The average Bonchev–Trinajstić information content (AvgIpc) is 3.46. The molecule has 0 spiro atoms. The number of likely N-dealkylation sites (tertiary alicyclic amines) is 1. The number of benzene rings is 1. The lowest BCUT2D eigenvalue weighted by Crippen LogP contribution is -2.49. The van der Waals surface area contributed by atoms with Gasteiger partial charge >= 0.3 is 0 Å². The number of guanidine groups is 1. The van der Waals surface area contributed by atoms with Crippen molar-refractivity contribution < 1.29 is 5.11 Å². The van der Waals surface area contributed by atoms with Gasteiger partial charge in [0.2, 0.25) is 0 Å². The van der Waals surface area contributed by atoms with Gasteiger partial charge in [0.15, 0.2) is 5.96 Å². The summed E-state index contributed by atoms with van der Waals surface area (Å²) in [7, 11) is 0. The van der Waals surface area contributed by atoms with Crippen LogP contribution in [-0.2, 0) is 6.42 Å². The van der Waals surface area contributed by atoms with Crippen LogP contribution < -0.4 is 10.6 Å². The number of nitrogens with one attached hydrogen (secondary N) is 2. The Labute approximate surface area is 151 Å². The third-order valence-electron chi connectivity index (χ3n) is 5.11. The van der Waals surface area contributed by atoms with Gasteiger partial charge in [0, 0.05) is 38.3 Å². The average molecular weight is 345 g/mol. The molecule has 1 aromatic rings. The summed E-state index contributed by atoms with van der Waals surface area (Å²) >= 11 is 0. The summed E-state index contributed by atoms with van der Waals surface area (Å²) in [5.41, 5.74) is 1.25. The molecule has 1 saturated carbocycles.